The van der Waals surface area contributed by atoms with Gasteiger partial charge in [-0.3, -0.25) is 9.69 Å². The molecule has 0 radical (unpaired) electrons. The van der Waals surface area contributed by atoms with Crippen molar-refractivity contribution in [2.75, 3.05) is 33.9 Å². The minimum atomic E-state index is -0.565. The van der Waals surface area contributed by atoms with Gasteiger partial charge in [-0.1, -0.05) is 6.07 Å². The molecule has 5 fully saturated rings. The number of nitrogens with one attached hydrogen (secondary N) is 1. The second-order valence-electron chi connectivity index (χ2n) is 12.1. The van der Waals surface area contributed by atoms with Crippen molar-refractivity contribution in [3.63, 3.8) is 0 Å². The molecule has 8 heteroatoms. The summed E-state index contributed by atoms with van der Waals surface area (Å²) in [7, 11) is 3.06. The van der Waals surface area contributed by atoms with Gasteiger partial charge in [0.1, 0.15) is 11.7 Å². The maximum atomic E-state index is 12.6. The smallest absolute Gasteiger partial charge is 0.330 e. The zero-order valence-electron chi connectivity index (χ0n) is 21.6. The van der Waals surface area contributed by atoms with Gasteiger partial charge in [0, 0.05) is 60.7 Å². The fourth-order valence-electron chi connectivity index (χ4n) is 9.28. The third-order valence-corrected chi connectivity index (χ3v) is 10.9. The van der Waals surface area contributed by atoms with Gasteiger partial charge in [-0.05, 0) is 69.0 Å². The van der Waals surface area contributed by atoms with Crippen LogP contribution in [-0.4, -0.2) is 73.5 Å². The summed E-state index contributed by atoms with van der Waals surface area (Å²) < 4.78 is 17.9. The van der Waals surface area contributed by atoms with E-state index < -0.39 is 11.6 Å². The number of phenolic OH excluding ortho intramolecular Hbond substituents is 1. The van der Waals surface area contributed by atoms with E-state index in [1.807, 2.05) is 0 Å². The summed E-state index contributed by atoms with van der Waals surface area (Å²) in [6.07, 6.45) is 9.71. The minimum Gasteiger partial charge on any atom is -0.504 e. The van der Waals surface area contributed by atoms with Gasteiger partial charge in [0.25, 0.3) is 0 Å². The van der Waals surface area contributed by atoms with E-state index in [2.05, 4.69) is 21.0 Å². The van der Waals surface area contributed by atoms with Gasteiger partial charge >= 0.3 is 5.97 Å². The number of amides is 1. The van der Waals surface area contributed by atoms with Gasteiger partial charge in [-0.25, -0.2) is 4.79 Å². The number of carbonyl (C=O) groups is 2. The largest absolute Gasteiger partial charge is 0.504 e. The fourth-order valence-corrected chi connectivity index (χ4v) is 9.28. The average Bonchev–Trinajstić information content (AvgIpc) is 3.65. The monoisotopic (exact) mass is 508 g/mol. The molecule has 8 rings (SSSR count). The molecule has 2 N–H and O–H groups in total. The van der Waals surface area contributed by atoms with Gasteiger partial charge < -0.3 is 24.6 Å². The molecule has 0 aromatic heterocycles. The molecule has 37 heavy (non-hydrogen) atoms. The maximum absolute atomic E-state index is 12.6. The number of esters is 1. The van der Waals surface area contributed by atoms with Gasteiger partial charge in [-0.2, -0.15) is 0 Å². The highest BCUT2D eigenvalue weighted by Gasteiger charge is 2.80. The van der Waals surface area contributed by atoms with Crippen molar-refractivity contribution in [1.29, 1.82) is 0 Å². The number of hydrogen-bond acceptors (Lipinski definition) is 7. The van der Waals surface area contributed by atoms with Crippen LogP contribution in [0.15, 0.2) is 24.3 Å². The number of phenols is 1. The number of methoxy groups -OCH3 is 2. The van der Waals surface area contributed by atoms with Crippen molar-refractivity contribution < 1.29 is 28.9 Å². The molecular formula is C29H36N2O6. The summed E-state index contributed by atoms with van der Waals surface area (Å²) >= 11 is 0. The van der Waals surface area contributed by atoms with Gasteiger partial charge in [-0.15, -0.1) is 0 Å². The summed E-state index contributed by atoms with van der Waals surface area (Å²) in [6.45, 7) is 2.67. The average molecular weight is 509 g/mol. The van der Waals surface area contributed by atoms with E-state index in [-0.39, 0.29) is 34.5 Å². The van der Waals surface area contributed by atoms with Gasteiger partial charge in [0.05, 0.1) is 7.11 Å². The number of piperidine rings is 1. The van der Waals surface area contributed by atoms with Crippen LogP contribution in [0, 0.1) is 17.3 Å². The highest BCUT2D eigenvalue weighted by molar-refractivity contribution is 5.94. The Morgan fingerprint density at radius 3 is 2.81 bits per heavy atom. The summed E-state index contributed by atoms with van der Waals surface area (Å²) in [5, 5.41) is 14.0. The summed E-state index contributed by atoms with van der Waals surface area (Å²) in [5.41, 5.74) is 1.82. The van der Waals surface area contributed by atoms with Crippen molar-refractivity contribution in [3.05, 3.63) is 35.4 Å². The van der Waals surface area contributed by atoms with Crippen LogP contribution in [0.3, 0.4) is 0 Å². The van der Waals surface area contributed by atoms with Gasteiger partial charge in [0.2, 0.25) is 5.91 Å². The summed E-state index contributed by atoms with van der Waals surface area (Å²) in [4.78, 5) is 26.8. The van der Waals surface area contributed by atoms with Crippen molar-refractivity contribution in [3.8, 4) is 11.5 Å². The molecule has 2 aliphatic heterocycles. The number of ether oxygens (including phenoxy) is 3. The molecule has 4 bridgehead atoms. The maximum Gasteiger partial charge on any atom is 0.330 e. The number of hydrogen-bond donors (Lipinski definition) is 2. The minimum absolute atomic E-state index is 0.00831. The molecule has 1 aromatic rings. The molecule has 4 saturated carbocycles. The van der Waals surface area contributed by atoms with Crippen LogP contribution in [0.4, 0.5) is 0 Å². The topological polar surface area (TPSA) is 97.3 Å². The Morgan fingerprint density at radius 2 is 2.05 bits per heavy atom. The molecule has 1 saturated heterocycles. The first kappa shape index (κ1) is 23.5. The molecule has 1 aromatic carbocycles. The molecule has 6 atom stereocenters. The van der Waals surface area contributed by atoms with E-state index in [1.165, 1.54) is 43.7 Å². The highest BCUT2D eigenvalue weighted by Crippen LogP contribution is 2.76. The van der Waals surface area contributed by atoms with Crippen LogP contribution in [0.2, 0.25) is 0 Å². The Balaban J connectivity index is 1.29. The third-order valence-electron chi connectivity index (χ3n) is 10.9. The lowest BCUT2D eigenvalue weighted by Gasteiger charge is -2.74. The second-order valence-corrected chi connectivity index (χ2v) is 12.1. The van der Waals surface area contributed by atoms with Crippen LogP contribution in [0.1, 0.15) is 49.7 Å². The highest BCUT2D eigenvalue weighted by atomic mass is 16.6. The van der Waals surface area contributed by atoms with Crippen LogP contribution in [-0.2, 0) is 30.9 Å². The molecule has 5 aliphatic carbocycles. The lowest BCUT2D eigenvalue weighted by atomic mass is 9.35. The summed E-state index contributed by atoms with van der Waals surface area (Å²) in [6, 6.07) is 4.34. The first-order chi connectivity index (χ1) is 17.9. The van der Waals surface area contributed by atoms with Crippen molar-refractivity contribution in [2.45, 2.75) is 68.1 Å². The first-order valence-electron chi connectivity index (χ1n) is 13.7. The predicted molar refractivity (Wildman–Crippen MR) is 134 cm³/mol. The van der Waals surface area contributed by atoms with Crippen molar-refractivity contribution >= 4 is 11.9 Å². The Bertz CT molecular complexity index is 1200. The quantitative estimate of drug-likeness (QED) is 0.431. The first-order valence-corrected chi connectivity index (χ1v) is 13.7. The normalized spacial score (nSPS) is 38.8. The summed E-state index contributed by atoms with van der Waals surface area (Å²) in [5.74, 6) is 0.885. The molecular weight excluding hydrogens is 472 g/mol. The zero-order valence-corrected chi connectivity index (χ0v) is 21.6. The number of rotatable bonds is 7. The van der Waals surface area contributed by atoms with Crippen LogP contribution < -0.4 is 10.1 Å². The van der Waals surface area contributed by atoms with E-state index >= 15 is 0 Å². The number of likely N-dealkylation sites (tertiary alicyclic amines) is 1. The van der Waals surface area contributed by atoms with Crippen LogP contribution in [0.5, 0.6) is 11.5 Å². The van der Waals surface area contributed by atoms with E-state index in [4.69, 9.17) is 9.47 Å². The lowest BCUT2D eigenvalue weighted by Crippen LogP contribution is -2.81. The fraction of sp³-hybridized carbons (Fsp3) is 0.655. The van der Waals surface area contributed by atoms with E-state index in [0.29, 0.717) is 18.3 Å². The molecule has 0 unspecified atom stereocenters. The Morgan fingerprint density at radius 1 is 1.22 bits per heavy atom. The van der Waals surface area contributed by atoms with E-state index in [9.17, 15) is 14.7 Å². The second kappa shape index (κ2) is 7.96. The Hall–Kier alpha value is -2.58. The van der Waals surface area contributed by atoms with Gasteiger partial charge in [0.15, 0.2) is 11.5 Å². The number of fused-ring (bicyclic) bond motifs is 2. The number of benzene rings is 1. The predicted octanol–water partition coefficient (Wildman–Crippen LogP) is 2.46. The zero-order chi connectivity index (χ0) is 25.6. The standard InChI is InChI=1S/C29H36N2O6/c1-35-23(34)8-7-22(33)30-15-19-14-27-9-10-29(19,36-2)26-28(27)11-12-31(16-17-3-4-17)21(27)13-18-5-6-20(32)25(37-26)24(18)28/h5-8,17,19,21,26,32H,3-4,9-16H2,1-2H3,(H,30,33)/b8-7+/t19-,21-,26-,27-,28+,29-/m1/s1. The molecule has 2 heterocycles. The van der Waals surface area contributed by atoms with Crippen molar-refractivity contribution in [2.24, 2.45) is 17.3 Å². The van der Waals surface area contributed by atoms with E-state index in [0.717, 1.165) is 50.6 Å². The Kier molecular flexibility index (Phi) is 5.06. The molecule has 8 nitrogen and oxygen atoms in total. The third kappa shape index (κ3) is 2.97. The molecule has 1 amide bonds. The van der Waals surface area contributed by atoms with Crippen LogP contribution >= 0.6 is 0 Å². The van der Waals surface area contributed by atoms with E-state index in [1.54, 1.807) is 13.2 Å². The number of carbonyl (C=O) groups excluding carboxylic acids is 2. The van der Waals surface area contributed by atoms with Crippen molar-refractivity contribution in [1.82, 2.24) is 10.2 Å². The number of aromatic hydroxyl groups is 1. The molecule has 7 aliphatic rings. The lowest BCUT2D eigenvalue weighted by molar-refractivity contribution is -0.276. The molecule has 198 valence electrons. The molecule has 2 spiro atoms. The SMILES string of the molecule is COC(=O)/C=C/C(=O)NC[C@H]1C[C@@]23CC[C@]1(OC)[C@@H]1Oc4c(O)ccc5c4[C@@]12CCN(CC1CC1)[C@@H]3C5. The number of nitrogens with zero attached hydrogens (tertiary/aromatic N) is 1. The van der Waals surface area contributed by atoms with Crippen LogP contribution in [0.25, 0.3) is 0 Å². The Labute approximate surface area is 217 Å².